The fraction of sp³-hybridized carbons (Fsp3) is 0.156. The van der Waals surface area contributed by atoms with Crippen molar-refractivity contribution in [2.24, 2.45) is 0 Å². The average Bonchev–Trinajstić information content (AvgIpc) is 3.00. The molecular weight excluding hydrogens is 544 g/mol. The summed E-state index contributed by atoms with van der Waals surface area (Å²) in [6, 6.07) is 16.6. The van der Waals surface area contributed by atoms with Gasteiger partial charge in [0.25, 0.3) is 5.91 Å². The summed E-state index contributed by atoms with van der Waals surface area (Å²) in [5.41, 5.74) is 1.17. The number of amides is 1. The summed E-state index contributed by atoms with van der Waals surface area (Å²) >= 11 is 0. The Bertz CT molecular complexity index is 1810. The lowest BCUT2D eigenvalue weighted by molar-refractivity contribution is 0.0987. The number of methoxy groups -OCH3 is 2. The molecule has 0 aliphatic heterocycles. The van der Waals surface area contributed by atoms with Crippen LogP contribution >= 0.6 is 0 Å². The zero-order valence-corrected chi connectivity index (χ0v) is 23.1. The van der Waals surface area contributed by atoms with Gasteiger partial charge in [0.2, 0.25) is 5.43 Å². The average molecular weight is 572 g/mol. The number of ether oxygens (including phenoxy) is 3. The predicted molar refractivity (Wildman–Crippen MR) is 155 cm³/mol. The highest BCUT2D eigenvalue weighted by molar-refractivity contribution is 6.07. The van der Waals surface area contributed by atoms with Gasteiger partial charge in [-0.3, -0.25) is 14.6 Å². The van der Waals surface area contributed by atoms with E-state index in [1.165, 1.54) is 20.4 Å². The van der Waals surface area contributed by atoms with E-state index in [1.54, 1.807) is 60.3 Å². The van der Waals surface area contributed by atoms with Gasteiger partial charge in [-0.25, -0.2) is 8.78 Å². The number of carbonyl (C=O) groups is 1. The molecular formula is C32H27F2N3O5. The van der Waals surface area contributed by atoms with Crippen LogP contribution in [0, 0.1) is 11.6 Å². The maximum Gasteiger partial charge on any atom is 0.263 e. The van der Waals surface area contributed by atoms with Crippen molar-refractivity contribution in [3.8, 4) is 22.9 Å². The van der Waals surface area contributed by atoms with E-state index in [1.807, 2.05) is 12.1 Å². The van der Waals surface area contributed by atoms with Gasteiger partial charge in [0.15, 0.2) is 0 Å². The molecule has 3 aromatic carbocycles. The van der Waals surface area contributed by atoms with Crippen molar-refractivity contribution in [1.82, 2.24) is 9.55 Å². The first-order chi connectivity index (χ1) is 20.3. The summed E-state index contributed by atoms with van der Waals surface area (Å²) in [5.74, 6) is -0.933. The minimum absolute atomic E-state index is 0.00560. The predicted octanol–water partition coefficient (Wildman–Crippen LogP) is 5.93. The Kier molecular flexibility index (Phi) is 8.14. The number of halogens is 2. The molecule has 0 aliphatic carbocycles. The number of rotatable bonds is 9. The molecule has 0 saturated carbocycles. The quantitative estimate of drug-likeness (QED) is 0.218. The molecule has 0 unspecified atom stereocenters. The van der Waals surface area contributed by atoms with E-state index in [4.69, 9.17) is 14.2 Å². The largest absolute Gasteiger partial charge is 0.497 e. The van der Waals surface area contributed by atoms with Crippen LogP contribution in [-0.4, -0.2) is 36.2 Å². The van der Waals surface area contributed by atoms with Gasteiger partial charge in [0.05, 0.1) is 25.4 Å². The molecule has 5 rings (SSSR count). The summed E-state index contributed by atoms with van der Waals surface area (Å²) in [5, 5.41) is 0.241. The van der Waals surface area contributed by atoms with E-state index >= 15 is 0 Å². The molecule has 42 heavy (non-hydrogen) atoms. The van der Waals surface area contributed by atoms with Crippen LogP contribution in [0.4, 0.5) is 14.5 Å². The normalized spacial score (nSPS) is 10.9. The van der Waals surface area contributed by atoms with Crippen molar-refractivity contribution >= 4 is 22.5 Å². The van der Waals surface area contributed by atoms with E-state index < -0.39 is 23.0 Å². The fourth-order valence-corrected chi connectivity index (χ4v) is 4.62. The number of carbonyl (C=O) groups excluding carboxylic acids is 1. The summed E-state index contributed by atoms with van der Waals surface area (Å²) in [4.78, 5) is 32.7. The van der Waals surface area contributed by atoms with Gasteiger partial charge < -0.3 is 23.7 Å². The lowest BCUT2D eigenvalue weighted by Gasteiger charge is -2.22. The molecule has 0 aliphatic rings. The molecule has 0 N–H and O–H groups in total. The highest BCUT2D eigenvalue weighted by Crippen LogP contribution is 2.30. The van der Waals surface area contributed by atoms with Gasteiger partial charge in [0.1, 0.15) is 41.1 Å². The van der Waals surface area contributed by atoms with E-state index in [-0.39, 0.29) is 29.8 Å². The number of nitrogens with zero attached hydrogens (tertiary/aromatic N) is 3. The van der Waals surface area contributed by atoms with Crippen LogP contribution < -0.4 is 24.5 Å². The minimum Gasteiger partial charge on any atom is -0.497 e. The van der Waals surface area contributed by atoms with Crippen LogP contribution in [0.2, 0.25) is 0 Å². The molecule has 0 fully saturated rings. The summed E-state index contributed by atoms with van der Waals surface area (Å²) in [7, 11) is 3.03. The third-order valence-corrected chi connectivity index (χ3v) is 6.70. The van der Waals surface area contributed by atoms with Crippen molar-refractivity contribution in [1.29, 1.82) is 0 Å². The lowest BCUT2D eigenvalue weighted by atomic mass is 10.1. The van der Waals surface area contributed by atoms with Gasteiger partial charge in [-0.1, -0.05) is 0 Å². The SMILES string of the molecule is CCN(C(=O)c1cn(-c2cc(OC)cc(OCc3ccncc3)c2)c2cc(OC)ccc2c1=O)c1cc(F)cc(F)c1. The Hall–Kier alpha value is -5.25. The van der Waals surface area contributed by atoms with Gasteiger partial charge in [-0.2, -0.15) is 0 Å². The monoisotopic (exact) mass is 571 g/mol. The highest BCUT2D eigenvalue weighted by Gasteiger charge is 2.23. The van der Waals surface area contributed by atoms with Crippen LogP contribution in [0.15, 0.2) is 90.1 Å². The number of hydrogen-bond donors (Lipinski definition) is 0. The maximum atomic E-state index is 14.0. The fourth-order valence-electron chi connectivity index (χ4n) is 4.62. The Morgan fingerprint density at radius 2 is 1.57 bits per heavy atom. The van der Waals surface area contributed by atoms with Crippen molar-refractivity contribution in [3.05, 3.63) is 118 Å². The summed E-state index contributed by atoms with van der Waals surface area (Å²) < 4.78 is 46.7. The standard InChI is InChI=1S/C32H27F2N3O5/c1-4-36(23-12-21(33)11-22(34)13-23)32(39)29-18-37(30-17-25(40-2)5-6-28(30)31(29)38)24-14-26(41-3)16-27(15-24)42-19-20-7-9-35-10-8-20/h5-18H,4,19H2,1-3H3. The van der Waals surface area contributed by atoms with Crippen molar-refractivity contribution in [2.75, 3.05) is 25.7 Å². The number of aromatic nitrogens is 2. The van der Waals surface area contributed by atoms with E-state index in [9.17, 15) is 18.4 Å². The number of hydrogen-bond acceptors (Lipinski definition) is 6. The number of anilines is 1. The topological polar surface area (TPSA) is 82.9 Å². The van der Waals surface area contributed by atoms with Crippen LogP contribution in [0.25, 0.3) is 16.6 Å². The molecule has 2 heterocycles. The van der Waals surface area contributed by atoms with Crippen LogP contribution in [0.3, 0.4) is 0 Å². The van der Waals surface area contributed by atoms with Crippen LogP contribution in [-0.2, 0) is 6.61 Å². The van der Waals surface area contributed by atoms with E-state index in [0.717, 1.165) is 28.7 Å². The van der Waals surface area contributed by atoms with Gasteiger partial charge in [0, 0.05) is 66.5 Å². The zero-order chi connectivity index (χ0) is 29.8. The highest BCUT2D eigenvalue weighted by atomic mass is 19.1. The Balaban J connectivity index is 1.67. The number of fused-ring (bicyclic) bond motifs is 1. The van der Waals surface area contributed by atoms with Gasteiger partial charge in [-0.05, 0) is 48.9 Å². The molecule has 8 nitrogen and oxygen atoms in total. The molecule has 0 spiro atoms. The van der Waals surface area contributed by atoms with Crippen molar-refractivity contribution in [3.63, 3.8) is 0 Å². The summed E-state index contributed by atoms with van der Waals surface area (Å²) in [6.07, 6.45) is 4.75. The van der Waals surface area contributed by atoms with Crippen molar-refractivity contribution < 1.29 is 27.8 Å². The number of pyridine rings is 2. The van der Waals surface area contributed by atoms with E-state index in [2.05, 4.69) is 4.98 Å². The van der Waals surface area contributed by atoms with Crippen LogP contribution in [0.5, 0.6) is 17.2 Å². The molecule has 2 aromatic heterocycles. The second-order valence-corrected chi connectivity index (χ2v) is 9.31. The minimum atomic E-state index is -0.838. The first-order valence-corrected chi connectivity index (χ1v) is 13.0. The molecule has 10 heteroatoms. The lowest BCUT2D eigenvalue weighted by Crippen LogP contribution is -2.35. The molecule has 1 amide bonds. The third kappa shape index (κ3) is 5.78. The van der Waals surface area contributed by atoms with Crippen LogP contribution in [0.1, 0.15) is 22.8 Å². The molecule has 5 aromatic rings. The molecule has 0 radical (unpaired) electrons. The zero-order valence-electron chi connectivity index (χ0n) is 23.1. The Morgan fingerprint density at radius 1 is 0.881 bits per heavy atom. The smallest absolute Gasteiger partial charge is 0.263 e. The second-order valence-electron chi connectivity index (χ2n) is 9.31. The first kappa shape index (κ1) is 28.3. The van der Waals surface area contributed by atoms with Gasteiger partial charge >= 0.3 is 0 Å². The van der Waals surface area contributed by atoms with Crippen molar-refractivity contribution in [2.45, 2.75) is 13.5 Å². The molecule has 214 valence electrons. The second kappa shape index (κ2) is 12.1. The Labute approximate surface area is 240 Å². The van der Waals surface area contributed by atoms with E-state index in [0.29, 0.717) is 28.5 Å². The summed E-state index contributed by atoms with van der Waals surface area (Å²) in [6.45, 7) is 1.99. The maximum absolute atomic E-state index is 14.0. The van der Waals surface area contributed by atoms with Gasteiger partial charge in [-0.15, -0.1) is 0 Å². The molecule has 0 saturated heterocycles. The first-order valence-electron chi connectivity index (χ1n) is 13.0. The molecule has 0 bridgehead atoms. The number of benzene rings is 3. The third-order valence-electron chi connectivity index (χ3n) is 6.70. The Morgan fingerprint density at radius 3 is 2.24 bits per heavy atom. The molecule has 0 atom stereocenters.